The third-order valence-corrected chi connectivity index (χ3v) is 3.95. The van der Waals surface area contributed by atoms with E-state index >= 15 is 0 Å². The van der Waals surface area contributed by atoms with Gasteiger partial charge >= 0.3 is 0 Å². The summed E-state index contributed by atoms with van der Waals surface area (Å²) in [5.74, 6) is 1.05. The minimum absolute atomic E-state index is 0.634. The van der Waals surface area contributed by atoms with Gasteiger partial charge in [-0.3, -0.25) is 0 Å². The topological polar surface area (TPSA) is 43.8 Å². The molecule has 3 nitrogen and oxygen atoms in total. The van der Waals surface area contributed by atoms with Crippen LogP contribution < -0.4 is 5.73 Å². The molecule has 0 unspecified atom stereocenters. The smallest absolute Gasteiger partial charge is 0.110 e. The molecule has 0 fully saturated rings. The fraction of sp³-hybridized carbons (Fsp3) is 0.357. The zero-order chi connectivity index (χ0) is 13.1. The van der Waals surface area contributed by atoms with E-state index in [-0.39, 0.29) is 0 Å². The molecular weight excluding hydrogens is 242 g/mol. The minimum Gasteiger partial charge on any atom is -0.335 e. The van der Waals surface area contributed by atoms with E-state index in [2.05, 4.69) is 42.0 Å². The SMILES string of the molecule is CSc1ccc(-c2nc(CCN)n(C)c2C)cc1. The standard InChI is InChI=1S/C14H19N3S/c1-10-14(16-13(8-9-15)17(10)2)11-4-6-12(18-3)7-5-11/h4-7H,8-9,15H2,1-3H3. The first kappa shape index (κ1) is 13.2. The number of nitrogens with two attached hydrogens (primary N) is 1. The van der Waals surface area contributed by atoms with E-state index in [1.807, 2.05) is 7.05 Å². The molecule has 0 amide bonds. The van der Waals surface area contributed by atoms with E-state index in [1.165, 1.54) is 16.2 Å². The molecule has 1 aromatic heterocycles. The second-order valence-electron chi connectivity index (χ2n) is 4.29. The van der Waals surface area contributed by atoms with E-state index in [4.69, 9.17) is 10.7 Å². The molecule has 4 heteroatoms. The van der Waals surface area contributed by atoms with Gasteiger partial charge in [-0.05, 0) is 31.9 Å². The van der Waals surface area contributed by atoms with Crippen molar-refractivity contribution in [1.29, 1.82) is 0 Å². The summed E-state index contributed by atoms with van der Waals surface area (Å²) in [6, 6.07) is 8.54. The van der Waals surface area contributed by atoms with Crippen LogP contribution in [0.1, 0.15) is 11.5 Å². The Balaban J connectivity index is 2.40. The van der Waals surface area contributed by atoms with E-state index in [0.29, 0.717) is 6.54 Å². The van der Waals surface area contributed by atoms with Crippen LogP contribution in [0.5, 0.6) is 0 Å². The average molecular weight is 261 g/mol. The van der Waals surface area contributed by atoms with Crippen LogP contribution in [0.25, 0.3) is 11.3 Å². The molecule has 0 aliphatic rings. The van der Waals surface area contributed by atoms with E-state index in [0.717, 1.165) is 17.9 Å². The highest BCUT2D eigenvalue weighted by Gasteiger charge is 2.12. The minimum atomic E-state index is 0.634. The highest BCUT2D eigenvalue weighted by atomic mass is 32.2. The van der Waals surface area contributed by atoms with E-state index in [1.54, 1.807) is 11.8 Å². The molecule has 0 aliphatic carbocycles. The van der Waals surface area contributed by atoms with Gasteiger partial charge in [0.05, 0.1) is 5.69 Å². The van der Waals surface area contributed by atoms with Crippen molar-refractivity contribution in [3.8, 4) is 11.3 Å². The number of hydrogen-bond acceptors (Lipinski definition) is 3. The molecule has 2 N–H and O–H groups in total. The summed E-state index contributed by atoms with van der Waals surface area (Å²) in [6.07, 6.45) is 2.90. The summed E-state index contributed by atoms with van der Waals surface area (Å²) < 4.78 is 2.13. The van der Waals surface area contributed by atoms with Crippen molar-refractivity contribution in [1.82, 2.24) is 9.55 Å². The number of imidazole rings is 1. The Morgan fingerprint density at radius 3 is 2.50 bits per heavy atom. The molecular formula is C14H19N3S. The first-order valence-corrected chi connectivity index (χ1v) is 7.26. The van der Waals surface area contributed by atoms with Crippen molar-refractivity contribution in [3.63, 3.8) is 0 Å². The normalized spacial score (nSPS) is 10.9. The molecule has 0 saturated carbocycles. The van der Waals surface area contributed by atoms with Crippen LogP contribution in [0.15, 0.2) is 29.2 Å². The lowest BCUT2D eigenvalue weighted by Crippen LogP contribution is -2.08. The monoisotopic (exact) mass is 261 g/mol. The average Bonchev–Trinajstić information content (AvgIpc) is 2.68. The van der Waals surface area contributed by atoms with E-state index in [9.17, 15) is 0 Å². The summed E-state index contributed by atoms with van der Waals surface area (Å²) in [5.41, 5.74) is 9.03. The Bertz CT molecular complexity index is 529. The fourth-order valence-corrected chi connectivity index (χ4v) is 2.42. The Hall–Kier alpha value is -1.26. The van der Waals surface area contributed by atoms with Crippen LogP contribution in [-0.4, -0.2) is 22.4 Å². The van der Waals surface area contributed by atoms with Gasteiger partial charge in [-0.2, -0.15) is 0 Å². The molecule has 2 rings (SSSR count). The molecule has 0 atom stereocenters. The first-order valence-electron chi connectivity index (χ1n) is 6.04. The Labute approximate surface area is 112 Å². The van der Waals surface area contributed by atoms with Crippen LogP contribution in [0.2, 0.25) is 0 Å². The quantitative estimate of drug-likeness (QED) is 0.860. The molecule has 96 valence electrons. The molecule has 0 radical (unpaired) electrons. The fourth-order valence-electron chi connectivity index (χ4n) is 2.01. The van der Waals surface area contributed by atoms with Crippen LogP contribution in [0.4, 0.5) is 0 Å². The van der Waals surface area contributed by atoms with Gasteiger partial charge in [0, 0.05) is 29.6 Å². The molecule has 1 aromatic carbocycles. The molecule has 1 heterocycles. The van der Waals surface area contributed by atoms with Crippen LogP contribution >= 0.6 is 11.8 Å². The zero-order valence-corrected chi connectivity index (χ0v) is 11.9. The van der Waals surface area contributed by atoms with Crippen LogP contribution in [-0.2, 0) is 13.5 Å². The van der Waals surface area contributed by atoms with Crippen molar-refractivity contribution in [2.24, 2.45) is 12.8 Å². The van der Waals surface area contributed by atoms with Gasteiger partial charge in [0.1, 0.15) is 5.82 Å². The number of hydrogen-bond donors (Lipinski definition) is 1. The Morgan fingerprint density at radius 2 is 1.94 bits per heavy atom. The van der Waals surface area contributed by atoms with Crippen LogP contribution in [0.3, 0.4) is 0 Å². The maximum Gasteiger partial charge on any atom is 0.110 e. The molecule has 0 spiro atoms. The second-order valence-corrected chi connectivity index (χ2v) is 5.17. The number of aromatic nitrogens is 2. The number of rotatable bonds is 4. The molecule has 0 saturated heterocycles. The Morgan fingerprint density at radius 1 is 1.28 bits per heavy atom. The van der Waals surface area contributed by atoms with Gasteiger partial charge < -0.3 is 10.3 Å². The molecule has 18 heavy (non-hydrogen) atoms. The van der Waals surface area contributed by atoms with Crippen molar-refractivity contribution in [3.05, 3.63) is 35.8 Å². The highest BCUT2D eigenvalue weighted by Crippen LogP contribution is 2.25. The van der Waals surface area contributed by atoms with Crippen molar-refractivity contribution < 1.29 is 0 Å². The van der Waals surface area contributed by atoms with Crippen molar-refractivity contribution >= 4 is 11.8 Å². The van der Waals surface area contributed by atoms with Crippen molar-refractivity contribution in [2.75, 3.05) is 12.8 Å². The predicted molar refractivity (Wildman–Crippen MR) is 77.9 cm³/mol. The van der Waals surface area contributed by atoms with Gasteiger partial charge in [0.2, 0.25) is 0 Å². The first-order chi connectivity index (χ1) is 8.67. The summed E-state index contributed by atoms with van der Waals surface area (Å²) in [7, 11) is 2.05. The van der Waals surface area contributed by atoms with Gasteiger partial charge in [-0.1, -0.05) is 12.1 Å². The molecule has 2 aromatic rings. The van der Waals surface area contributed by atoms with Crippen LogP contribution in [0, 0.1) is 6.92 Å². The summed E-state index contributed by atoms with van der Waals surface area (Å²) in [5, 5.41) is 0. The predicted octanol–water partition coefficient (Wildman–Crippen LogP) is 2.62. The lowest BCUT2D eigenvalue weighted by Gasteiger charge is -2.02. The third kappa shape index (κ3) is 2.44. The summed E-state index contributed by atoms with van der Waals surface area (Å²) in [4.78, 5) is 5.97. The largest absolute Gasteiger partial charge is 0.335 e. The van der Waals surface area contributed by atoms with Gasteiger partial charge in [0.25, 0.3) is 0 Å². The van der Waals surface area contributed by atoms with Gasteiger partial charge in [-0.25, -0.2) is 4.98 Å². The van der Waals surface area contributed by atoms with E-state index < -0.39 is 0 Å². The molecule has 0 aliphatic heterocycles. The van der Waals surface area contributed by atoms with Crippen molar-refractivity contribution in [2.45, 2.75) is 18.2 Å². The molecule has 0 bridgehead atoms. The highest BCUT2D eigenvalue weighted by molar-refractivity contribution is 7.98. The summed E-state index contributed by atoms with van der Waals surface area (Å²) in [6.45, 7) is 2.74. The second kappa shape index (κ2) is 5.59. The lowest BCUT2D eigenvalue weighted by molar-refractivity contribution is 0.761. The van der Waals surface area contributed by atoms with Gasteiger partial charge in [0.15, 0.2) is 0 Å². The van der Waals surface area contributed by atoms with Gasteiger partial charge in [-0.15, -0.1) is 11.8 Å². The maximum atomic E-state index is 5.61. The maximum absolute atomic E-state index is 5.61. The Kier molecular flexibility index (Phi) is 4.09. The number of nitrogens with zero attached hydrogens (tertiary/aromatic N) is 2. The number of thioether (sulfide) groups is 1. The summed E-state index contributed by atoms with van der Waals surface area (Å²) >= 11 is 1.75. The number of benzene rings is 1. The lowest BCUT2D eigenvalue weighted by atomic mass is 10.1. The zero-order valence-electron chi connectivity index (χ0n) is 11.1. The third-order valence-electron chi connectivity index (χ3n) is 3.21.